The van der Waals surface area contributed by atoms with Crippen molar-refractivity contribution in [3.05, 3.63) is 102 Å². The number of carbonyl (C=O) groups is 1. The normalized spacial score (nSPS) is 15.0. The van der Waals surface area contributed by atoms with Gasteiger partial charge in [-0.05, 0) is 35.4 Å². The first-order valence-electron chi connectivity index (χ1n) is 11.8. The molecule has 3 aromatic rings. The molecule has 3 aromatic carbocycles. The molecule has 0 saturated carbocycles. The molecule has 0 radical (unpaired) electrons. The first-order valence-corrected chi connectivity index (χ1v) is 13.2. The predicted octanol–water partition coefficient (Wildman–Crippen LogP) is 3.77. The lowest BCUT2D eigenvalue weighted by atomic mass is 9.96. The van der Waals surface area contributed by atoms with E-state index in [1.165, 1.54) is 23.3 Å². The van der Waals surface area contributed by atoms with Crippen LogP contribution in [0.5, 0.6) is 0 Å². The van der Waals surface area contributed by atoms with E-state index >= 15 is 0 Å². The summed E-state index contributed by atoms with van der Waals surface area (Å²) in [7, 11) is -3.89. The summed E-state index contributed by atoms with van der Waals surface area (Å²) in [6, 6.07) is 25.4. The van der Waals surface area contributed by atoms with Gasteiger partial charge in [-0.1, -0.05) is 67.6 Å². The Kier molecular flexibility index (Phi) is 7.95. The lowest BCUT2D eigenvalue weighted by Gasteiger charge is -2.40. The van der Waals surface area contributed by atoms with Crippen LogP contribution in [0.15, 0.2) is 89.8 Å². The maximum Gasteiger partial charge on any atom is 0.243 e. The molecule has 0 unspecified atom stereocenters. The molecule has 6 nitrogen and oxygen atoms in total. The maximum atomic E-state index is 13.2. The van der Waals surface area contributed by atoms with Crippen molar-refractivity contribution in [2.75, 3.05) is 39.3 Å². The predicted molar refractivity (Wildman–Crippen MR) is 134 cm³/mol. The molecule has 1 heterocycles. The molecule has 0 spiro atoms. The van der Waals surface area contributed by atoms with E-state index in [0.29, 0.717) is 26.2 Å². The summed E-state index contributed by atoms with van der Waals surface area (Å²) in [6.07, 6.45) is 0. The number of piperazine rings is 1. The van der Waals surface area contributed by atoms with E-state index in [1.807, 2.05) is 36.4 Å². The van der Waals surface area contributed by atoms with Crippen molar-refractivity contribution in [3.63, 3.8) is 0 Å². The van der Waals surface area contributed by atoms with Crippen LogP contribution in [-0.2, 0) is 14.8 Å². The molecule has 4 rings (SSSR count). The van der Waals surface area contributed by atoms with E-state index in [2.05, 4.69) is 29.2 Å². The van der Waals surface area contributed by atoms with Crippen LogP contribution >= 0.6 is 0 Å². The minimum atomic E-state index is -3.89. The third-order valence-electron chi connectivity index (χ3n) is 6.38. The van der Waals surface area contributed by atoms with Crippen LogP contribution in [0.2, 0.25) is 0 Å². The fourth-order valence-electron chi connectivity index (χ4n) is 4.49. The van der Waals surface area contributed by atoms with E-state index in [9.17, 15) is 17.6 Å². The number of halogens is 1. The monoisotopic (exact) mass is 495 g/mol. The summed E-state index contributed by atoms with van der Waals surface area (Å²) >= 11 is 0. The largest absolute Gasteiger partial charge is 0.339 e. The van der Waals surface area contributed by atoms with Gasteiger partial charge in [0.1, 0.15) is 5.82 Å². The van der Waals surface area contributed by atoms with Crippen LogP contribution in [0.4, 0.5) is 4.39 Å². The standard InChI is InChI=1S/C27H30FN3O3S/c1-2-31(35(33,34)25-15-13-24(28)14-16-25)21-26(32)29-17-19-30(20-18-29)27(22-9-5-3-6-10-22)23-11-7-4-8-12-23/h3-16,27H,2,17-21H2,1H3. The Morgan fingerprint density at radius 1 is 0.857 bits per heavy atom. The topological polar surface area (TPSA) is 60.9 Å². The Morgan fingerprint density at radius 2 is 1.37 bits per heavy atom. The second kappa shape index (κ2) is 11.1. The first-order chi connectivity index (χ1) is 16.9. The molecule has 0 aromatic heterocycles. The Labute approximate surface area is 206 Å². The third-order valence-corrected chi connectivity index (χ3v) is 8.31. The number of carbonyl (C=O) groups excluding carboxylic acids is 1. The van der Waals surface area contributed by atoms with Gasteiger partial charge >= 0.3 is 0 Å². The molecule has 0 aliphatic carbocycles. The smallest absolute Gasteiger partial charge is 0.243 e. The van der Waals surface area contributed by atoms with Gasteiger partial charge in [-0.3, -0.25) is 9.69 Å². The highest BCUT2D eigenvalue weighted by molar-refractivity contribution is 7.89. The number of hydrogen-bond acceptors (Lipinski definition) is 4. The highest BCUT2D eigenvalue weighted by atomic mass is 32.2. The number of benzene rings is 3. The van der Waals surface area contributed by atoms with Crippen molar-refractivity contribution in [2.24, 2.45) is 0 Å². The van der Waals surface area contributed by atoms with Crippen molar-refractivity contribution in [2.45, 2.75) is 17.9 Å². The summed E-state index contributed by atoms with van der Waals surface area (Å²) in [6.45, 7) is 3.99. The zero-order chi connectivity index (χ0) is 24.8. The molecule has 1 aliphatic rings. The summed E-state index contributed by atoms with van der Waals surface area (Å²) in [5.74, 6) is -0.738. The quantitative estimate of drug-likeness (QED) is 0.477. The molecule has 184 valence electrons. The van der Waals surface area contributed by atoms with Gasteiger partial charge in [0.15, 0.2) is 0 Å². The molecule has 0 bridgehead atoms. The molecule has 0 atom stereocenters. The zero-order valence-corrected chi connectivity index (χ0v) is 20.6. The highest BCUT2D eigenvalue weighted by Crippen LogP contribution is 2.29. The SMILES string of the molecule is CCN(CC(=O)N1CCN(C(c2ccccc2)c2ccccc2)CC1)S(=O)(=O)c1ccc(F)cc1. The van der Waals surface area contributed by atoms with Gasteiger partial charge in [-0.25, -0.2) is 12.8 Å². The van der Waals surface area contributed by atoms with E-state index in [-0.39, 0.29) is 29.9 Å². The number of likely N-dealkylation sites (N-methyl/N-ethyl adjacent to an activating group) is 1. The molecular weight excluding hydrogens is 465 g/mol. The number of rotatable bonds is 8. The van der Waals surface area contributed by atoms with Gasteiger partial charge in [0.25, 0.3) is 0 Å². The van der Waals surface area contributed by atoms with Gasteiger partial charge in [-0.15, -0.1) is 0 Å². The lowest BCUT2D eigenvalue weighted by Crippen LogP contribution is -2.52. The Balaban J connectivity index is 1.43. The molecular formula is C27H30FN3O3S. The van der Waals surface area contributed by atoms with Gasteiger partial charge in [0.2, 0.25) is 15.9 Å². The summed E-state index contributed by atoms with van der Waals surface area (Å²) in [5, 5.41) is 0. The van der Waals surface area contributed by atoms with Crippen molar-refractivity contribution < 1.29 is 17.6 Å². The Hall–Kier alpha value is -3.07. The molecule has 1 amide bonds. The Morgan fingerprint density at radius 3 is 1.86 bits per heavy atom. The van der Waals surface area contributed by atoms with Crippen LogP contribution in [-0.4, -0.2) is 67.7 Å². The first kappa shape index (κ1) is 25.0. The lowest BCUT2D eigenvalue weighted by molar-refractivity contribution is -0.133. The molecule has 1 saturated heterocycles. The highest BCUT2D eigenvalue weighted by Gasteiger charge is 2.31. The van der Waals surface area contributed by atoms with E-state index < -0.39 is 15.8 Å². The van der Waals surface area contributed by atoms with Gasteiger partial charge < -0.3 is 4.90 Å². The minimum Gasteiger partial charge on any atom is -0.339 e. The van der Waals surface area contributed by atoms with Crippen molar-refractivity contribution in [3.8, 4) is 0 Å². The third kappa shape index (κ3) is 5.78. The van der Waals surface area contributed by atoms with Crippen molar-refractivity contribution >= 4 is 15.9 Å². The molecule has 8 heteroatoms. The number of amides is 1. The molecule has 35 heavy (non-hydrogen) atoms. The molecule has 1 aliphatic heterocycles. The number of sulfonamides is 1. The zero-order valence-electron chi connectivity index (χ0n) is 19.8. The van der Waals surface area contributed by atoms with E-state index in [0.717, 1.165) is 16.4 Å². The maximum absolute atomic E-state index is 13.2. The van der Waals surface area contributed by atoms with Gasteiger partial charge in [0.05, 0.1) is 17.5 Å². The summed E-state index contributed by atoms with van der Waals surface area (Å²) < 4.78 is 40.3. The second-order valence-electron chi connectivity index (χ2n) is 8.53. The number of nitrogens with zero attached hydrogens (tertiary/aromatic N) is 3. The van der Waals surface area contributed by atoms with Gasteiger partial charge in [0, 0.05) is 32.7 Å². The average Bonchev–Trinajstić information content (AvgIpc) is 2.89. The Bertz CT molecular complexity index is 1170. The summed E-state index contributed by atoms with van der Waals surface area (Å²) in [4.78, 5) is 17.1. The van der Waals surface area contributed by atoms with Crippen LogP contribution in [0.3, 0.4) is 0 Å². The summed E-state index contributed by atoms with van der Waals surface area (Å²) in [5.41, 5.74) is 2.39. The number of hydrogen-bond donors (Lipinski definition) is 0. The fourth-order valence-corrected chi connectivity index (χ4v) is 5.89. The van der Waals surface area contributed by atoms with Crippen molar-refractivity contribution in [1.29, 1.82) is 0 Å². The van der Waals surface area contributed by atoms with E-state index in [1.54, 1.807) is 11.8 Å². The van der Waals surface area contributed by atoms with Crippen LogP contribution < -0.4 is 0 Å². The van der Waals surface area contributed by atoms with Crippen LogP contribution in [0.25, 0.3) is 0 Å². The fraction of sp³-hybridized carbons (Fsp3) is 0.296. The van der Waals surface area contributed by atoms with E-state index in [4.69, 9.17) is 0 Å². The average molecular weight is 496 g/mol. The minimum absolute atomic E-state index is 0.0214. The van der Waals surface area contributed by atoms with Crippen LogP contribution in [0.1, 0.15) is 24.1 Å². The second-order valence-corrected chi connectivity index (χ2v) is 10.5. The van der Waals surface area contributed by atoms with Crippen LogP contribution in [0, 0.1) is 5.82 Å². The van der Waals surface area contributed by atoms with Crippen molar-refractivity contribution in [1.82, 2.24) is 14.1 Å². The molecule has 0 N–H and O–H groups in total. The van der Waals surface area contributed by atoms with Gasteiger partial charge in [-0.2, -0.15) is 4.31 Å². The molecule has 1 fully saturated rings.